The lowest BCUT2D eigenvalue weighted by Gasteiger charge is -2.18. The zero-order chi connectivity index (χ0) is 13.1. The van der Waals surface area contributed by atoms with Gasteiger partial charge in [-0.3, -0.25) is 0 Å². The van der Waals surface area contributed by atoms with Gasteiger partial charge in [0.05, 0.1) is 0 Å². The van der Waals surface area contributed by atoms with Crippen LogP contribution in [0.15, 0.2) is 34.1 Å². The van der Waals surface area contributed by atoms with Crippen molar-refractivity contribution in [2.24, 2.45) is 5.16 Å². The molecule has 18 heavy (non-hydrogen) atoms. The van der Waals surface area contributed by atoms with Crippen molar-refractivity contribution in [3.63, 3.8) is 0 Å². The fourth-order valence-electron chi connectivity index (χ4n) is 1.43. The molecule has 0 radical (unpaired) electrons. The molecule has 0 unspecified atom stereocenters. The highest BCUT2D eigenvalue weighted by molar-refractivity contribution is 6.31. The first kappa shape index (κ1) is 12.2. The molecule has 1 aromatic carbocycles. The maximum Gasteiger partial charge on any atom is 0.205 e. The fourth-order valence-corrected chi connectivity index (χ4v) is 1.62. The van der Waals surface area contributed by atoms with Gasteiger partial charge in [0.2, 0.25) is 5.84 Å². The third-order valence-corrected chi connectivity index (χ3v) is 2.57. The Morgan fingerprint density at radius 1 is 1.50 bits per heavy atom. The molecular formula is C10H10ClN5O2. The number of hydrogen-bond acceptors (Lipinski definition) is 6. The molecule has 0 bridgehead atoms. The normalized spacial score (nSPS) is 11.6. The van der Waals surface area contributed by atoms with Crippen LogP contribution < -0.4 is 10.6 Å². The lowest BCUT2D eigenvalue weighted by Crippen LogP contribution is -2.28. The average molecular weight is 268 g/mol. The summed E-state index contributed by atoms with van der Waals surface area (Å²) in [6.45, 7) is 0. The van der Waals surface area contributed by atoms with Crippen LogP contribution in [0.2, 0.25) is 5.02 Å². The standard InChI is InChI=1S/C10H10ClN5O2/c1-16(7-4-2-3-6(11)5-7)10(13-17)8-9(12)15-18-14-8/h2-5,17H,1H3,(H2,12,15). The molecule has 2 aromatic rings. The number of nitrogen functional groups attached to an aromatic ring is 1. The van der Waals surface area contributed by atoms with Crippen LogP contribution in [0.3, 0.4) is 0 Å². The van der Waals surface area contributed by atoms with Crippen molar-refractivity contribution in [1.82, 2.24) is 10.3 Å². The molecule has 2 rings (SSSR count). The van der Waals surface area contributed by atoms with Crippen molar-refractivity contribution >= 4 is 28.9 Å². The van der Waals surface area contributed by atoms with E-state index in [0.717, 1.165) is 0 Å². The quantitative estimate of drug-likeness (QED) is 0.371. The molecule has 0 fully saturated rings. The minimum absolute atomic E-state index is 0.0386. The first-order valence-corrected chi connectivity index (χ1v) is 5.31. The Hall–Kier alpha value is -2.28. The summed E-state index contributed by atoms with van der Waals surface area (Å²) in [7, 11) is 1.68. The number of amidine groups is 1. The summed E-state index contributed by atoms with van der Waals surface area (Å²) in [5.41, 5.74) is 6.41. The van der Waals surface area contributed by atoms with E-state index in [4.69, 9.17) is 22.5 Å². The van der Waals surface area contributed by atoms with Crippen molar-refractivity contribution in [1.29, 1.82) is 0 Å². The summed E-state index contributed by atoms with van der Waals surface area (Å²) in [6.07, 6.45) is 0. The number of rotatable bonds is 2. The molecule has 0 amide bonds. The van der Waals surface area contributed by atoms with E-state index in [-0.39, 0.29) is 17.3 Å². The van der Waals surface area contributed by atoms with E-state index in [9.17, 15) is 0 Å². The predicted octanol–water partition coefficient (Wildman–Crippen LogP) is 1.58. The van der Waals surface area contributed by atoms with Gasteiger partial charge in [0, 0.05) is 17.8 Å². The van der Waals surface area contributed by atoms with Crippen LogP contribution in [0.5, 0.6) is 0 Å². The Kier molecular flexibility index (Phi) is 3.33. The SMILES string of the molecule is CN(C(=NO)c1nonc1N)c1cccc(Cl)c1. The van der Waals surface area contributed by atoms with Gasteiger partial charge < -0.3 is 15.8 Å². The topological polar surface area (TPSA) is 101 Å². The summed E-state index contributed by atoms with van der Waals surface area (Å²) in [6, 6.07) is 7.01. The van der Waals surface area contributed by atoms with E-state index in [2.05, 4.69) is 20.1 Å². The van der Waals surface area contributed by atoms with E-state index in [1.807, 2.05) is 0 Å². The van der Waals surface area contributed by atoms with E-state index in [1.165, 1.54) is 0 Å². The van der Waals surface area contributed by atoms with Crippen molar-refractivity contribution in [2.75, 3.05) is 17.7 Å². The van der Waals surface area contributed by atoms with Crippen LogP contribution in [0, 0.1) is 0 Å². The van der Waals surface area contributed by atoms with E-state index < -0.39 is 0 Å². The molecule has 0 aliphatic rings. The largest absolute Gasteiger partial charge is 0.409 e. The lowest BCUT2D eigenvalue weighted by atomic mass is 10.2. The smallest absolute Gasteiger partial charge is 0.205 e. The first-order chi connectivity index (χ1) is 8.63. The predicted molar refractivity (Wildman–Crippen MR) is 66.9 cm³/mol. The van der Waals surface area contributed by atoms with Gasteiger partial charge in [-0.25, -0.2) is 4.63 Å². The van der Waals surface area contributed by atoms with Crippen LogP contribution in [0.1, 0.15) is 5.69 Å². The molecular weight excluding hydrogens is 258 g/mol. The number of nitrogens with two attached hydrogens (primary N) is 1. The highest BCUT2D eigenvalue weighted by Crippen LogP contribution is 2.21. The van der Waals surface area contributed by atoms with Crippen molar-refractivity contribution in [3.8, 4) is 0 Å². The third kappa shape index (κ3) is 2.21. The first-order valence-electron chi connectivity index (χ1n) is 4.93. The van der Waals surface area contributed by atoms with E-state index in [1.54, 1.807) is 36.2 Å². The Morgan fingerprint density at radius 3 is 2.83 bits per heavy atom. The molecule has 3 N–H and O–H groups in total. The van der Waals surface area contributed by atoms with E-state index >= 15 is 0 Å². The van der Waals surface area contributed by atoms with Crippen molar-refractivity contribution in [2.45, 2.75) is 0 Å². The van der Waals surface area contributed by atoms with Gasteiger partial charge in [0.15, 0.2) is 11.5 Å². The zero-order valence-electron chi connectivity index (χ0n) is 9.41. The molecule has 0 aliphatic heterocycles. The number of anilines is 2. The van der Waals surface area contributed by atoms with Gasteiger partial charge in [-0.1, -0.05) is 22.8 Å². The molecule has 0 saturated heterocycles. The van der Waals surface area contributed by atoms with Crippen molar-refractivity contribution in [3.05, 3.63) is 35.0 Å². The zero-order valence-corrected chi connectivity index (χ0v) is 10.2. The Balaban J connectivity index is 2.38. The minimum Gasteiger partial charge on any atom is -0.409 e. The molecule has 1 aromatic heterocycles. The number of benzene rings is 1. The third-order valence-electron chi connectivity index (χ3n) is 2.33. The molecule has 1 heterocycles. The number of aromatic nitrogens is 2. The molecule has 8 heteroatoms. The van der Waals surface area contributed by atoms with Gasteiger partial charge in [0.1, 0.15) is 0 Å². The summed E-state index contributed by atoms with van der Waals surface area (Å²) in [4.78, 5) is 1.56. The summed E-state index contributed by atoms with van der Waals surface area (Å²) in [5, 5.41) is 19.8. The monoisotopic (exact) mass is 267 g/mol. The van der Waals surface area contributed by atoms with Crippen molar-refractivity contribution < 1.29 is 9.84 Å². The average Bonchev–Trinajstić information content (AvgIpc) is 2.77. The van der Waals surface area contributed by atoms with Gasteiger partial charge >= 0.3 is 0 Å². The van der Waals surface area contributed by atoms with Gasteiger partial charge in [-0.15, -0.1) is 0 Å². The van der Waals surface area contributed by atoms with Gasteiger partial charge in [0.25, 0.3) is 0 Å². The Morgan fingerprint density at radius 2 is 2.28 bits per heavy atom. The number of hydrogen-bond donors (Lipinski definition) is 2. The molecule has 0 aliphatic carbocycles. The van der Waals surface area contributed by atoms with E-state index in [0.29, 0.717) is 10.7 Å². The van der Waals surface area contributed by atoms with Crippen LogP contribution in [-0.4, -0.2) is 28.4 Å². The van der Waals surface area contributed by atoms with Crippen LogP contribution in [0.4, 0.5) is 11.5 Å². The summed E-state index contributed by atoms with van der Waals surface area (Å²) in [5.74, 6) is 0.146. The summed E-state index contributed by atoms with van der Waals surface area (Å²) >= 11 is 5.89. The van der Waals surface area contributed by atoms with Gasteiger partial charge in [-0.2, -0.15) is 0 Å². The highest BCUT2D eigenvalue weighted by Gasteiger charge is 2.20. The second kappa shape index (κ2) is 4.92. The van der Waals surface area contributed by atoms with Crippen LogP contribution >= 0.6 is 11.6 Å². The number of halogens is 1. The second-order valence-corrected chi connectivity index (χ2v) is 3.90. The maximum absolute atomic E-state index is 9.07. The Labute approximate surface area is 107 Å². The lowest BCUT2D eigenvalue weighted by molar-refractivity contribution is 0.304. The minimum atomic E-state index is 0.0386. The Bertz CT molecular complexity index is 583. The molecule has 0 saturated carbocycles. The summed E-state index contributed by atoms with van der Waals surface area (Å²) < 4.78 is 4.47. The van der Waals surface area contributed by atoms with Crippen LogP contribution in [-0.2, 0) is 0 Å². The van der Waals surface area contributed by atoms with Gasteiger partial charge in [-0.05, 0) is 28.5 Å². The number of nitrogens with zero attached hydrogens (tertiary/aromatic N) is 4. The second-order valence-electron chi connectivity index (χ2n) is 3.46. The molecule has 0 spiro atoms. The van der Waals surface area contributed by atoms with Crippen LogP contribution in [0.25, 0.3) is 0 Å². The fraction of sp³-hybridized carbons (Fsp3) is 0.100. The molecule has 7 nitrogen and oxygen atoms in total. The number of oxime groups is 1. The molecule has 94 valence electrons. The molecule has 0 atom stereocenters. The highest BCUT2D eigenvalue weighted by atomic mass is 35.5. The maximum atomic E-state index is 9.07.